The summed E-state index contributed by atoms with van der Waals surface area (Å²) in [6.07, 6.45) is -0.430. The summed E-state index contributed by atoms with van der Waals surface area (Å²) in [4.78, 5) is 11.8. The zero-order chi connectivity index (χ0) is 15.9. The van der Waals surface area contributed by atoms with Crippen LogP contribution in [0.4, 0.5) is 14.9 Å². The third kappa shape index (κ3) is 4.72. The van der Waals surface area contributed by atoms with Crippen molar-refractivity contribution >= 4 is 23.3 Å². The SMILES string of the molecule is COC(CNC(=O)Nc1cccc(Cl)c1)c1cccc(F)c1. The van der Waals surface area contributed by atoms with E-state index in [1.807, 2.05) is 0 Å². The molecule has 22 heavy (non-hydrogen) atoms. The van der Waals surface area contributed by atoms with Crippen LogP contribution in [0.25, 0.3) is 0 Å². The molecule has 0 aromatic heterocycles. The van der Waals surface area contributed by atoms with Crippen molar-refractivity contribution in [3.05, 3.63) is 64.9 Å². The van der Waals surface area contributed by atoms with E-state index in [1.54, 1.807) is 36.4 Å². The molecule has 0 saturated heterocycles. The predicted molar refractivity (Wildman–Crippen MR) is 84.6 cm³/mol. The molecule has 1 unspecified atom stereocenters. The van der Waals surface area contributed by atoms with Gasteiger partial charge >= 0.3 is 6.03 Å². The molecule has 0 aliphatic carbocycles. The van der Waals surface area contributed by atoms with Gasteiger partial charge in [-0.25, -0.2) is 9.18 Å². The highest BCUT2D eigenvalue weighted by Gasteiger charge is 2.12. The van der Waals surface area contributed by atoms with Crippen LogP contribution >= 0.6 is 11.6 Å². The second kappa shape index (κ2) is 7.77. The van der Waals surface area contributed by atoms with Crippen LogP contribution in [-0.4, -0.2) is 19.7 Å². The van der Waals surface area contributed by atoms with Gasteiger partial charge in [0.2, 0.25) is 0 Å². The Kier molecular flexibility index (Phi) is 5.75. The first-order valence-corrected chi connectivity index (χ1v) is 7.05. The lowest BCUT2D eigenvalue weighted by Gasteiger charge is -2.17. The maximum atomic E-state index is 13.2. The van der Waals surface area contributed by atoms with Crippen molar-refractivity contribution in [1.29, 1.82) is 0 Å². The van der Waals surface area contributed by atoms with Crippen molar-refractivity contribution in [1.82, 2.24) is 5.32 Å². The molecule has 0 spiro atoms. The first kappa shape index (κ1) is 16.3. The van der Waals surface area contributed by atoms with Crippen LogP contribution in [0.1, 0.15) is 11.7 Å². The Bertz CT molecular complexity index is 652. The molecule has 116 valence electrons. The van der Waals surface area contributed by atoms with Gasteiger partial charge < -0.3 is 15.4 Å². The van der Waals surface area contributed by atoms with E-state index in [2.05, 4.69) is 10.6 Å². The molecule has 2 aromatic rings. The van der Waals surface area contributed by atoms with Crippen LogP contribution in [0.15, 0.2) is 48.5 Å². The fraction of sp³-hybridized carbons (Fsp3) is 0.188. The quantitative estimate of drug-likeness (QED) is 0.874. The molecular weight excluding hydrogens is 307 g/mol. The fourth-order valence-corrected chi connectivity index (χ4v) is 2.16. The normalized spacial score (nSPS) is 11.8. The van der Waals surface area contributed by atoms with Crippen LogP contribution in [0.5, 0.6) is 0 Å². The second-order valence-corrected chi connectivity index (χ2v) is 5.06. The number of hydrogen-bond donors (Lipinski definition) is 2. The number of halogens is 2. The maximum absolute atomic E-state index is 13.2. The first-order chi connectivity index (χ1) is 10.6. The molecule has 1 atom stereocenters. The number of carbonyl (C=O) groups excluding carboxylic acids is 1. The summed E-state index contributed by atoms with van der Waals surface area (Å²) in [5, 5.41) is 5.87. The topological polar surface area (TPSA) is 50.4 Å². The number of urea groups is 1. The molecule has 0 fully saturated rings. The highest BCUT2D eigenvalue weighted by Crippen LogP contribution is 2.17. The molecular formula is C16H16ClFN2O2. The third-order valence-corrected chi connectivity index (χ3v) is 3.27. The molecule has 0 heterocycles. The zero-order valence-electron chi connectivity index (χ0n) is 12.0. The molecule has 0 bridgehead atoms. The summed E-state index contributed by atoms with van der Waals surface area (Å²) in [7, 11) is 1.51. The van der Waals surface area contributed by atoms with E-state index in [0.29, 0.717) is 16.3 Å². The molecule has 2 aromatic carbocycles. The van der Waals surface area contributed by atoms with E-state index >= 15 is 0 Å². The highest BCUT2D eigenvalue weighted by atomic mass is 35.5. The van der Waals surface area contributed by atoms with Crippen LogP contribution < -0.4 is 10.6 Å². The standard InChI is InChI=1S/C16H16ClFN2O2/c1-22-15(11-4-2-6-13(18)8-11)10-19-16(21)20-14-7-3-5-12(17)9-14/h2-9,15H,10H2,1H3,(H2,19,20,21). The smallest absolute Gasteiger partial charge is 0.319 e. The van der Waals surface area contributed by atoms with Crippen molar-refractivity contribution in [3.63, 3.8) is 0 Å². The Balaban J connectivity index is 1.91. The number of hydrogen-bond acceptors (Lipinski definition) is 2. The fourth-order valence-electron chi connectivity index (χ4n) is 1.97. The van der Waals surface area contributed by atoms with Crippen LogP contribution in [0.2, 0.25) is 5.02 Å². The van der Waals surface area contributed by atoms with Gasteiger partial charge in [-0.05, 0) is 35.9 Å². The van der Waals surface area contributed by atoms with E-state index in [-0.39, 0.29) is 18.4 Å². The number of carbonyl (C=O) groups is 1. The summed E-state index contributed by atoms with van der Waals surface area (Å²) in [5.41, 5.74) is 1.25. The van der Waals surface area contributed by atoms with Crippen molar-refractivity contribution in [2.24, 2.45) is 0 Å². The number of nitrogens with one attached hydrogen (secondary N) is 2. The Morgan fingerprint density at radius 2 is 2.05 bits per heavy atom. The van der Waals surface area contributed by atoms with Gasteiger partial charge in [-0.2, -0.15) is 0 Å². The average Bonchev–Trinajstić information content (AvgIpc) is 2.48. The lowest BCUT2D eigenvalue weighted by molar-refractivity contribution is 0.104. The third-order valence-electron chi connectivity index (χ3n) is 3.04. The number of anilines is 1. The summed E-state index contributed by atoms with van der Waals surface area (Å²) in [6, 6.07) is 12.5. The van der Waals surface area contributed by atoms with Gasteiger partial charge in [-0.15, -0.1) is 0 Å². The van der Waals surface area contributed by atoms with Crippen LogP contribution in [0, 0.1) is 5.82 Å². The Morgan fingerprint density at radius 3 is 2.73 bits per heavy atom. The molecule has 2 N–H and O–H groups in total. The number of ether oxygens (including phenoxy) is 1. The van der Waals surface area contributed by atoms with Gasteiger partial charge in [0.05, 0.1) is 6.10 Å². The Morgan fingerprint density at radius 1 is 1.27 bits per heavy atom. The van der Waals surface area contributed by atoms with E-state index in [9.17, 15) is 9.18 Å². The summed E-state index contributed by atoms with van der Waals surface area (Å²) in [5.74, 6) is -0.345. The molecule has 0 aliphatic rings. The van der Waals surface area contributed by atoms with Gasteiger partial charge in [0.15, 0.2) is 0 Å². The van der Waals surface area contributed by atoms with Crippen molar-refractivity contribution < 1.29 is 13.9 Å². The summed E-state index contributed by atoms with van der Waals surface area (Å²) < 4.78 is 18.5. The number of rotatable bonds is 5. The first-order valence-electron chi connectivity index (χ1n) is 6.67. The maximum Gasteiger partial charge on any atom is 0.319 e. The molecule has 4 nitrogen and oxygen atoms in total. The van der Waals surface area contributed by atoms with Gasteiger partial charge in [-0.1, -0.05) is 29.8 Å². The Labute approximate surface area is 133 Å². The van der Waals surface area contributed by atoms with Gasteiger partial charge in [0.25, 0.3) is 0 Å². The molecule has 0 aliphatic heterocycles. The van der Waals surface area contributed by atoms with Crippen molar-refractivity contribution in [3.8, 4) is 0 Å². The van der Waals surface area contributed by atoms with E-state index < -0.39 is 6.10 Å². The van der Waals surface area contributed by atoms with Gasteiger partial charge in [0, 0.05) is 24.4 Å². The monoisotopic (exact) mass is 322 g/mol. The zero-order valence-corrected chi connectivity index (χ0v) is 12.7. The molecule has 2 amide bonds. The van der Waals surface area contributed by atoms with Crippen molar-refractivity contribution in [2.75, 3.05) is 19.0 Å². The van der Waals surface area contributed by atoms with Crippen LogP contribution in [-0.2, 0) is 4.74 Å². The summed E-state index contributed by atoms with van der Waals surface area (Å²) >= 11 is 5.85. The average molecular weight is 323 g/mol. The predicted octanol–water partition coefficient (Wildman–Crippen LogP) is 3.99. The minimum absolute atomic E-state index is 0.215. The van der Waals surface area contributed by atoms with E-state index in [4.69, 9.17) is 16.3 Å². The molecule has 0 radical (unpaired) electrons. The van der Waals surface area contributed by atoms with Gasteiger partial charge in [0.1, 0.15) is 5.82 Å². The van der Waals surface area contributed by atoms with Gasteiger partial charge in [-0.3, -0.25) is 0 Å². The van der Waals surface area contributed by atoms with E-state index in [1.165, 1.54) is 19.2 Å². The second-order valence-electron chi connectivity index (χ2n) is 4.62. The molecule has 0 saturated carbocycles. The lowest BCUT2D eigenvalue weighted by atomic mass is 10.1. The summed E-state index contributed by atoms with van der Waals surface area (Å²) in [6.45, 7) is 0.215. The Hall–Kier alpha value is -2.11. The number of benzene rings is 2. The van der Waals surface area contributed by atoms with Crippen LogP contribution in [0.3, 0.4) is 0 Å². The van der Waals surface area contributed by atoms with Crippen molar-refractivity contribution in [2.45, 2.75) is 6.10 Å². The number of amides is 2. The lowest BCUT2D eigenvalue weighted by Crippen LogP contribution is -2.32. The minimum atomic E-state index is -0.430. The largest absolute Gasteiger partial charge is 0.375 e. The minimum Gasteiger partial charge on any atom is -0.375 e. The number of methoxy groups -OCH3 is 1. The van der Waals surface area contributed by atoms with E-state index in [0.717, 1.165) is 0 Å². The highest BCUT2D eigenvalue weighted by molar-refractivity contribution is 6.30. The molecule has 6 heteroatoms. The molecule has 2 rings (SSSR count).